The van der Waals surface area contributed by atoms with Gasteiger partial charge in [0.15, 0.2) is 0 Å². The molecule has 0 radical (unpaired) electrons. The van der Waals surface area contributed by atoms with Crippen LogP contribution < -0.4 is 9.64 Å². The number of halogens is 1. The molecule has 0 saturated heterocycles. The fourth-order valence-electron chi connectivity index (χ4n) is 1.34. The Bertz CT molecular complexity index is 407. The highest BCUT2D eigenvalue weighted by Crippen LogP contribution is 2.22. The largest absolute Gasteiger partial charge is 0.475 e. The number of hydrogen-bond donors (Lipinski definition) is 0. The fourth-order valence-corrected chi connectivity index (χ4v) is 1.52. The van der Waals surface area contributed by atoms with Gasteiger partial charge >= 0.3 is 0 Å². The number of nitrogens with zero attached hydrogens (tertiary/aromatic N) is 3. The van der Waals surface area contributed by atoms with E-state index in [-0.39, 0.29) is 11.6 Å². The maximum absolute atomic E-state index is 5.97. The number of hydrogen-bond acceptors (Lipinski definition) is 4. The SMILES string of the molecule is Cc1cc(OC(C)C)nc(N(C)C(C)(C)CCl)n1. The van der Waals surface area contributed by atoms with Crippen molar-refractivity contribution in [3.8, 4) is 5.88 Å². The molecule has 0 aliphatic heterocycles. The number of ether oxygens (including phenoxy) is 1. The van der Waals surface area contributed by atoms with E-state index in [1.165, 1.54) is 0 Å². The molecule has 1 aromatic rings. The van der Waals surface area contributed by atoms with Gasteiger partial charge in [0.05, 0.1) is 11.6 Å². The number of alkyl halides is 1. The molecular weight excluding hydrogens is 250 g/mol. The summed E-state index contributed by atoms with van der Waals surface area (Å²) < 4.78 is 5.62. The maximum Gasteiger partial charge on any atom is 0.229 e. The van der Waals surface area contributed by atoms with Crippen LogP contribution in [0.15, 0.2) is 6.07 Å². The van der Waals surface area contributed by atoms with Crippen LogP contribution in [0.3, 0.4) is 0 Å². The van der Waals surface area contributed by atoms with Gasteiger partial charge in [-0.25, -0.2) is 4.98 Å². The lowest BCUT2D eigenvalue weighted by molar-refractivity contribution is 0.232. The normalized spacial score (nSPS) is 11.8. The Labute approximate surface area is 114 Å². The fraction of sp³-hybridized carbons (Fsp3) is 0.692. The Hall–Kier alpha value is -1.03. The summed E-state index contributed by atoms with van der Waals surface area (Å²) in [7, 11) is 1.94. The molecular formula is C13H22ClN3O. The third kappa shape index (κ3) is 3.73. The van der Waals surface area contributed by atoms with Crippen LogP contribution in [0, 0.1) is 6.92 Å². The minimum atomic E-state index is -0.204. The molecule has 0 atom stereocenters. The van der Waals surface area contributed by atoms with E-state index in [1.807, 2.05) is 38.8 Å². The van der Waals surface area contributed by atoms with Gasteiger partial charge in [-0.2, -0.15) is 4.98 Å². The van der Waals surface area contributed by atoms with Crippen LogP contribution in [0.2, 0.25) is 0 Å². The first kappa shape index (κ1) is 15.0. The van der Waals surface area contributed by atoms with E-state index >= 15 is 0 Å². The quantitative estimate of drug-likeness (QED) is 0.772. The first-order valence-corrected chi connectivity index (χ1v) is 6.62. The Morgan fingerprint density at radius 1 is 1.39 bits per heavy atom. The molecule has 1 heterocycles. The molecule has 0 saturated carbocycles. The molecule has 18 heavy (non-hydrogen) atoms. The van der Waals surface area contributed by atoms with Gasteiger partial charge in [-0.1, -0.05) is 0 Å². The molecule has 0 amide bonds. The molecule has 1 aromatic heterocycles. The Kier molecular flexibility index (Phi) is 4.79. The highest BCUT2D eigenvalue weighted by Gasteiger charge is 2.25. The van der Waals surface area contributed by atoms with Gasteiger partial charge in [0, 0.05) is 24.7 Å². The van der Waals surface area contributed by atoms with Crippen LogP contribution in [0.1, 0.15) is 33.4 Å². The first-order valence-electron chi connectivity index (χ1n) is 6.08. The van der Waals surface area contributed by atoms with E-state index < -0.39 is 0 Å². The molecule has 0 bridgehead atoms. The van der Waals surface area contributed by atoms with E-state index in [2.05, 4.69) is 23.8 Å². The van der Waals surface area contributed by atoms with Gasteiger partial charge in [0.1, 0.15) is 0 Å². The lowest BCUT2D eigenvalue weighted by atomic mass is 10.1. The van der Waals surface area contributed by atoms with Crippen molar-refractivity contribution in [2.24, 2.45) is 0 Å². The second kappa shape index (κ2) is 5.74. The third-order valence-electron chi connectivity index (χ3n) is 2.71. The summed E-state index contributed by atoms with van der Waals surface area (Å²) in [6, 6.07) is 1.84. The van der Waals surface area contributed by atoms with Gasteiger partial charge < -0.3 is 9.64 Å². The van der Waals surface area contributed by atoms with E-state index in [0.717, 1.165) is 5.69 Å². The van der Waals surface area contributed by atoms with Gasteiger partial charge in [0.2, 0.25) is 11.8 Å². The Balaban J connectivity index is 3.06. The van der Waals surface area contributed by atoms with Crippen molar-refractivity contribution >= 4 is 17.5 Å². The molecule has 1 rings (SSSR count). The van der Waals surface area contributed by atoms with E-state index in [1.54, 1.807) is 0 Å². The molecule has 0 aliphatic carbocycles. The van der Waals surface area contributed by atoms with Crippen LogP contribution in [0.5, 0.6) is 5.88 Å². The average Bonchev–Trinajstić information content (AvgIpc) is 2.26. The second-order valence-corrected chi connectivity index (χ2v) is 5.59. The van der Waals surface area contributed by atoms with Crippen molar-refractivity contribution in [3.05, 3.63) is 11.8 Å². The Morgan fingerprint density at radius 3 is 2.50 bits per heavy atom. The Morgan fingerprint density at radius 2 is 2.00 bits per heavy atom. The minimum absolute atomic E-state index is 0.0958. The predicted octanol–water partition coefficient (Wildman–Crippen LogP) is 3.03. The predicted molar refractivity (Wildman–Crippen MR) is 75.7 cm³/mol. The number of rotatable bonds is 5. The second-order valence-electron chi connectivity index (χ2n) is 5.32. The third-order valence-corrected chi connectivity index (χ3v) is 3.36. The molecule has 4 nitrogen and oxygen atoms in total. The zero-order chi connectivity index (χ0) is 13.9. The number of aryl methyl sites for hydroxylation is 1. The zero-order valence-corrected chi connectivity index (χ0v) is 12.7. The van der Waals surface area contributed by atoms with Crippen LogP contribution in [0.4, 0.5) is 5.95 Å². The summed E-state index contributed by atoms with van der Waals surface area (Å²) in [5, 5.41) is 0. The summed E-state index contributed by atoms with van der Waals surface area (Å²) in [5.41, 5.74) is 0.678. The molecule has 0 aliphatic rings. The molecule has 102 valence electrons. The summed E-state index contributed by atoms with van der Waals surface area (Å²) in [4.78, 5) is 10.8. The zero-order valence-electron chi connectivity index (χ0n) is 12.0. The van der Waals surface area contributed by atoms with Crippen molar-refractivity contribution < 1.29 is 4.74 Å². The first-order chi connectivity index (χ1) is 8.26. The summed E-state index contributed by atoms with van der Waals surface area (Å²) >= 11 is 5.97. The molecule has 0 aromatic carbocycles. The van der Waals surface area contributed by atoms with Gasteiger partial charge in [-0.3, -0.25) is 0 Å². The minimum Gasteiger partial charge on any atom is -0.475 e. The maximum atomic E-state index is 5.97. The van der Waals surface area contributed by atoms with E-state index in [4.69, 9.17) is 16.3 Å². The van der Waals surface area contributed by atoms with Gasteiger partial charge in [-0.05, 0) is 34.6 Å². The van der Waals surface area contributed by atoms with Crippen LogP contribution in [-0.4, -0.2) is 34.5 Å². The van der Waals surface area contributed by atoms with Crippen molar-refractivity contribution in [2.45, 2.75) is 46.3 Å². The highest BCUT2D eigenvalue weighted by molar-refractivity contribution is 6.18. The standard InChI is InChI=1S/C13H22ClN3O/c1-9(2)18-11-7-10(3)15-12(16-11)17(6)13(4,5)8-14/h7,9H,8H2,1-6H3. The highest BCUT2D eigenvalue weighted by atomic mass is 35.5. The van der Waals surface area contributed by atoms with Crippen molar-refractivity contribution in [1.82, 2.24) is 9.97 Å². The van der Waals surface area contributed by atoms with E-state index in [9.17, 15) is 0 Å². The molecule has 5 heteroatoms. The lowest BCUT2D eigenvalue weighted by Crippen LogP contribution is -2.43. The monoisotopic (exact) mass is 271 g/mol. The molecule has 0 unspecified atom stereocenters. The molecule has 0 N–H and O–H groups in total. The van der Waals surface area contributed by atoms with E-state index in [0.29, 0.717) is 17.7 Å². The van der Waals surface area contributed by atoms with Crippen molar-refractivity contribution in [1.29, 1.82) is 0 Å². The average molecular weight is 272 g/mol. The van der Waals surface area contributed by atoms with Gasteiger partial charge in [-0.15, -0.1) is 11.6 Å². The smallest absolute Gasteiger partial charge is 0.229 e. The van der Waals surface area contributed by atoms with Crippen molar-refractivity contribution in [2.75, 3.05) is 17.8 Å². The van der Waals surface area contributed by atoms with Crippen LogP contribution >= 0.6 is 11.6 Å². The summed E-state index contributed by atoms with van der Waals surface area (Å²) in [5.74, 6) is 1.74. The number of anilines is 1. The molecule has 0 spiro atoms. The topological polar surface area (TPSA) is 38.2 Å². The lowest BCUT2D eigenvalue weighted by Gasteiger charge is -2.34. The summed E-state index contributed by atoms with van der Waals surface area (Å²) in [6.07, 6.45) is 0.0958. The van der Waals surface area contributed by atoms with Gasteiger partial charge in [0.25, 0.3) is 0 Å². The van der Waals surface area contributed by atoms with Crippen LogP contribution in [-0.2, 0) is 0 Å². The van der Waals surface area contributed by atoms with Crippen molar-refractivity contribution in [3.63, 3.8) is 0 Å². The van der Waals surface area contributed by atoms with Crippen LogP contribution in [0.25, 0.3) is 0 Å². The molecule has 0 fully saturated rings. The number of aromatic nitrogens is 2. The summed E-state index contributed by atoms with van der Waals surface area (Å²) in [6.45, 7) is 9.98.